The Morgan fingerprint density at radius 2 is 2.06 bits per heavy atom. The van der Waals surface area contributed by atoms with Crippen molar-refractivity contribution in [3.63, 3.8) is 0 Å². The van der Waals surface area contributed by atoms with Crippen LogP contribution in [0.25, 0.3) is 0 Å². The number of hydrogen-bond acceptors (Lipinski definition) is 5. The first-order chi connectivity index (χ1) is 8.76. The maximum atomic E-state index is 5.16. The number of ether oxygens (including phenoxy) is 1. The van der Waals surface area contributed by atoms with Crippen LogP contribution in [0, 0.1) is 0 Å². The molecule has 1 unspecified atom stereocenters. The molecule has 0 spiro atoms. The van der Waals surface area contributed by atoms with E-state index in [1.165, 1.54) is 0 Å². The van der Waals surface area contributed by atoms with Crippen LogP contribution in [-0.2, 0) is 7.05 Å². The average Bonchev–Trinajstić information content (AvgIpc) is 2.82. The number of nitrogens with zero attached hydrogens (tertiary/aromatic N) is 4. The van der Waals surface area contributed by atoms with Crippen LogP contribution in [-0.4, -0.2) is 40.9 Å². The molecule has 0 saturated carbocycles. The summed E-state index contributed by atoms with van der Waals surface area (Å²) in [6.07, 6.45) is 0. The van der Waals surface area contributed by atoms with Gasteiger partial charge in [0.15, 0.2) is 5.82 Å². The van der Waals surface area contributed by atoms with Gasteiger partial charge in [0.05, 0.1) is 13.0 Å². The highest BCUT2D eigenvalue weighted by molar-refractivity contribution is 5.32. The van der Waals surface area contributed by atoms with Gasteiger partial charge in [-0.1, -0.05) is 12.1 Å². The highest BCUT2D eigenvalue weighted by Crippen LogP contribution is 2.23. The Balaban J connectivity index is 2.32. The van der Waals surface area contributed by atoms with Gasteiger partial charge in [-0.25, -0.2) is 4.68 Å². The number of benzene rings is 1. The standard InChI is InChI=1S/C12H17N5O/c1-13-8-11(12-14-15-16-17(12)2)9-4-6-10(18-3)7-5-9/h4-7,11,13H,8H2,1-3H3. The van der Waals surface area contributed by atoms with E-state index in [0.29, 0.717) is 0 Å². The number of likely N-dealkylation sites (N-methyl/N-ethyl adjacent to an activating group) is 1. The van der Waals surface area contributed by atoms with Crippen molar-refractivity contribution in [3.05, 3.63) is 35.7 Å². The van der Waals surface area contributed by atoms with E-state index in [4.69, 9.17) is 4.74 Å². The van der Waals surface area contributed by atoms with Gasteiger partial charge < -0.3 is 10.1 Å². The Kier molecular flexibility index (Phi) is 3.88. The highest BCUT2D eigenvalue weighted by atomic mass is 16.5. The van der Waals surface area contributed by atoms with Crippen molar-refractivity contribution >= 4 is 0 Å². The number of rotatable bonds is 5. The van der Waals surface area contributed by atoms with Crippen molar-refractivity contribution in [3.8, 4) is 5.75 Å². The summed E-state index contributed by atoms with van der Waals surface area (Å²) in [6.45, 7) is 0.778. The first-order valence-corrected chi connectivity index (χ1v) is 5.77. The maximum absolute atomic E-state index is 5.16. The third-order valence-corrected chi connectivity index (χ3v) is 2.89. The molecule has 1 aromatic carbocycles. The van der Waals surface area contributed by atoms with Gasteiger partial charge in [0, 0.05) is 13.6 Å². The van der Waals surface area contributed by atoms with Crippen LogP contribution in [0.4, 0.5) is 0 Å². The van der Waals surface area contributed by atoms with Crippen molar-refractivity contribution in [2.45, 2.75) is 5.92 Å². The van der Waals surface area contributed by atoms with Crippen LogP contribution in [0.2, 0.25) is 0 Å². The predicted octanol–water partition coefficient (Wildman–Crippen LogP) is 0.570. The fourth-order valence-electron chi connectivity index (χ4n) is 1.93. The molecule has 96 valence electrons. The summed E-state index contributed by atoms with van der Waals surface area (Å²) >= 11 is 0. The molecule has 6 heteroatoms. The van der Waals surface area contributed by atoms with E-state index >= 15 is 0 Å². The summed E-state index contributed by atoms with van der Waals surface area (Å²) in [7, 11) is 5.43. The first kappa shape index (κ1) is 12.5. The van der Waals surface area contributed by atoms with Crippen molar-refractivity contribution < 1.29 is 4.74 Å². The Morgan fingerprint density at radius 3 is 2.56 bits per heavy atom. The smallest absolute Gasteiger partial charge is 0.159 e. The lowest BCUT2D eigenvalue weighted by atomic mass is 9.98. The van der Waals surface area contributed by atoms with E-state index in [1.807, 2.05) is 38.4 Å². The minimum Gasteiger partial charge on any atom is -0.497 e. The number of aromatic nitrogens is 4. The summed E-state index contributed by atoms with van der Waals surface area (Å²) in [5.41, 5.74) is 1.16. The molecule has 2 aromatic rings. The summed E-state index contributed by atoms with van der Waals surface area (Å²) < 4.78 is 6.86. The average molecular weight is 247 g/mol. The van der Waals surface area contributed by atoms with Crippen LogP contribution in [0.15, 0.2) is 24.3 Å². The minimum absolute atomic E-state index is 0.126. The second-order valence-electron chi connectivity index (χ2n) is 4.04. The fraction of sp³-hybridized carbons (Fsp3) is 0.417. The zero-order valence-electron chi connectivity index (χ0n) is 10.8. The molecule has 1 heterocycles. The molecule has 0 aliphatic rings. The van der Waals surface area contributed by atoms with Crippen molar-refractivity contribution in [2.24, 2.45) is 7.05 Å². The molecule has 0 radical (unpaired) electrons. The Bertz CT molecular complexity index is 493. The largest absolute Gasteiger partial charge is 0.497 e. The van der Waals surface area contributed by atoms with Gasteiger partial charge in [-0.05, 0) is 35.2 Å². The van der Waals surface area contributed by atoms with Crippen molar-refractivity contribution in [1.82, 2.24) is 25.5 Å². The van der Waals surface area contributed by atoms with Crippen LogP contribution in [0.1, 0.15) is 17.3 Å². The highest BCUT2D eigenvalue weighted by Gasteiger charge is 2.19. The topological polar surface area (TPSA) is 64.9 Å². The number of aryl methyl sites for hydroxylation is 1. The van der Waals surface area contributed by atoms with E-state index in [-0.39, 0.29) is 5.92 Å². The molecule has 18 heavy (non-hydrogen) atoms. The number of tetrazole rings is 1. The quantitative estimate of drug-likeness (QED) is 0.836. The van der Waals surface area contributed by atoms with Gasteiger partial charge in [-0.2, -0.15) is 0 Å². The molecule has 6 nitrogen and oxygen atoms in total. The van der Waals surface area contributed by atoms with Crippen molar-refractivity contribution in [1.29, 1.82) is 0 Å². The van der Waals surface area contributed by atoms with E-state index in [9.17, 15) is 0 Å². The second-order valence-corrected chi connectivity index (χ2v) is 4.04. The SMILES string of the molecule is CNCC(c1ccc(OC)cc1)c1nnnn1C. The van der Waals surface area contributed by atoms with Gasteiger partial charge in [-0.3, -0.25) is 0 Å². The molecule has 0 aliphatic carbocycles. The van der Waals surface area contributed by atoms with Gasteiger partial charge >= 0.3 is 0 Å². The lowest BCUT2D eigenvalue weighted by Crippen LogP contribution is -2.21. The lowest BCUT2D eigenvalue weighted by molar-refractivity contribution is 0.414. The monoisotopic (exact) mass is 247 g/mol. The molecule has 0 fully saturated rings. The van der Waals surface area contributed by atoms with E-state index in [2.05, 4.69) is 20.8 Å². The number of methoxy groups -OCH3 is 1. The normalized spacial score (nSPS) is 12.4. The minimum atomic E-state index is 0.126. The van der Waals surface area contributed by atoms with Gasteiger partial charge in [0.25, 0.3) is 0 Å². The molecule has 1 atom stereocenters. The summed E-state index contributed by atoms with van der Waals surface area (Å²) in [4.78, 5) is 0. The van der Waals surface area contributed by atoms with Crippen LogP contribution < -0.4 is 10.1 Å². The van der Waals surface area contributed by atoms with E-state index in [0.717, 1.165) is 23.7 Å². The van der Waals surface area contributed by atoms with Crippen LogP contribution in [0.3, 0.4) is 0 Å². The third kappa shape index (κ3) is 2.48. The fourth-order valence-corrected chi connectivity index (χ4v) is 1.93. The summed E-state index contributed by atoms with van der Waals surface area (Å²) in [5.74, 6) is 1.81. The zero-order chi connectivity index (χ0) is 13.0. The Morgan fingerprint density at radius 1 is 1.33 bits per heavy atom. The Labute approximate surface area is 106 Å². The summed E-state index contributed by atoms with van der Waals surface area (Å²) in [6, 6.07) is 7.97. The molecule has 1 aromatic heterocycles. The van der Waals surface area contributed by atoms with Gasteiger partial charge in [-0.15, -0.1) is 5.10 Å². The van der Waals surface area contributed by atoms with Gasteiger partial charge in [0.1, 0.15) is 5.75 Å². The Hall–Kier alpha value is -1.95. The maximum Gasteiger partial charge on any atom is 0.159 e. The molecule has 0 saturated heterocycles. The molecule has 2 rings (SSSR count). The second kappa shape index (κ2) is 5.59. The third-order valence-electron chi connectivity index (χ3n) is 2.89. The van der Waals surface area contributed by atoms with E-state index < -0.39 is 0 Å². The molecule has 0 aliphatic heterocycles. The molecule has 1 N–H and O–H groups in total. The molecular formula is C12H17N5O. The first-order valence-electron chi connectivity index (χ1n) is 5.77. The van der Waals surface area contributed by atoms with E-state index in [1.54, 1.807) is 11.8 Å². The lowest BCUT2D eigenvalue weighted by Gasteiger charge is -2.15. The molecule has 0 amide bonds. The summed E-state index contributed by atoms with van der Waals surface area (Å²) in [5, 5.41) is 14.8. The zero-order valence-corrected chi connectivity index (χ0v) is 10.8. The van der Waals surface area contributed by atoms with Crippen LogP contribution in [0.5, 0.6) is 5.75 Å². The predicted molar refractivity (Wildman–Crippen MR) is 67.6 cm³/mol. The molecule has 0 bridgehead atoms. The number of hydrogen-bond donors (Lipinski definition) is 1. The van der Waals surface area contributed by atoms with Crippen molar-refractivity contribution in [2.75, 3.05) is 20.7 Å². The molecular weight excluding hydrogens is 230 g/mol. The number of nitrogens with one attached hydrogen (secondary N) is 1. The van der Waals surface area contributed by atoms with Gasteiger partial charge in [0.2, 0.25) is 0 Å². The van der Waals surface area contributed by atoms with Crippen LogP contribution >= 0.6 is 0 Å².